The van der Waals surface area contributed by atoms with Crippen LogP contribution in [0.4, 0.5) is 0 Å². The highest BCUT2D eigenvalue weighted by molar-refractivity contribution is 5.05. The van der Waals surface area contributed by atoms with Crippen molar-refractivity contribution in [2.75, 3.05) is 13.1 Å². The number of tetrazole rings is 1. The summed E-state index contributed by atoms with van der Waals surface area (Å²) in [6.07, 6.45) is 7.84. The Morgan fingerprint density at radius 1 is 1.24 bits per heavy atom. The minimum atomic E-state index is 0.182. The molecule has 0 radical (unpaired) electrons. The van der Waals surface area contributed by atoms with E-state index in [9.17, 15) is 0 Å². The number of nitrogens with one attached hydrogen (secondary N) is 1. The van der Waals surface area contributed by atoms with Gasteiger partial charge in [0.05, 0.1) is 13.6 Å². The van der Waals surface area contributed by atoms with E-state index in [4.69, 9.17) is 0 Å². The van der Waals surface area contributed by atoms with Gasteiger partial charge >= 0.3 is 0 Å². The van der Waals surface area contributed by atoms with Crippen LogP contribution in [-0.2, 0) is 13.6 Å². The molecule has 1 atom stereocenters. The first-order valence-corrected chi connectivity index (χ1v) is 8.28. The highest BCUT2D eigenvalue weighted by Crippen LogP contribution is 2.36. The third-order valence-corrected chi connectivity index (χ3v) is 5.56. The van der Waals surface area contributed by atoms with E-state index in [0.29, 0.717) is 5.54 Å². The molecule has 118 valence electrons. The molecule has 3 rings (SSSR count). The summed E-state index contributed by atoms with van der Waals surface area (Å²) in [5.41, 5.74) is 0.497. The number of nitrogens with zero attached hydrogens (tertiary/aromatic N) is 5. The molecule has 6 heteroatoms. The molecule has 1 aliphatic carbocycles. The van der Waals surface area contributed by atoms with Crippen LogP contribution in [0.5, 0.6) is 0 Å². The SMILES string of the molecule is CCC1(C)CNC2(CCCCC2)CN1Cc1nnn(C)n1. The van der Waals surface area contributed by atoms with Gasteiger partial charge in [-0.15, -0.1) is 10.2 Å². The highest BCUT2D eigenvalue weighted by Gasteiger charge is 2.44. The lowest BCUT2D eigenvalue weighted by Crippen LogP contribution is -2.69. The smallest absolute Gasteiger partial charge is 0.188 e. The van der Waals surface area contributed by atoms with E-state index in [-0.39, 0.29) is 5.54 Å². The highest BCUT2D eigenvalue weighted by atomic mass is 15.6. The Kier molecular flexibility index (Phi) is 4.01. The molecule has 2 fully saturated rings. The number of rotatable bonds is 3. The van der Waals surface area contributed by atoms with E-state index in [1.807, 2.05) is 7.05 Å². The average Bonchev–Trinajstić information content (AvgIpc) is 2.90. The zero-order valence-electron chi connectivity index (χ0n) is 13.6. The molecule has 1 aromatic heterocycles. The van der Waals surface area contributed by atoms with Crippen molar-refractivity contribution in [3.05, 3.63) is 5.82 Å². The van der Waals surface area contributed by atoms with Crippen molar-refractivity contribution in [1.29, 1.82) is 0 Å². The molecule has 1 N–H and O–H groups in total. The van der Waals surface area contributed by atoms with Crippen LogP contribution in [0.3, 0.4) is 0 Å². The first kappa shape index (κ1) is 14.9. The van der Waals surface area contributed by atoms with Crippen molar-refractivity contribution in [3.8, 4) is 0 Å². The lowest BCUT2D eigenvalue weighted by atomic mass is 9.77. The van der Waals surface area contributed by atoms with E-state index < -0.39 is 0 Å². The van der Waals surface area contributed by atoms with Crippen LogP contribution in [0.15, 0.2) is 0 Å². The standard InChI is InChI=1S/C15H28N6/c1-4-14(2)11-16-15(8-6-5-7-9-15)12-21(14)10-13-17-19-20(3)18-13/h16H,4-12H2,1-3H3. The second-order valence-corrected chi connectivity index (χ2v) is 7.10. The maximum atomic E-state index is 4.37. The predicted octanol–water partition coefficient (Wildman–Crippen LogP) is 1.49. The van der Waals surface area contributed by atoms with Gasteiger partial charge in [0.1, 0.15) is 0 Å². The predicted molar refractivity (Wildman–Crippen MR) is 81.7 cm³/mol. The zero-order valence-corrected chi connectivity index (χ0v) is 13.6. The Morgan fingerprint density at radius 3 is 2.62 bits per heavy atom. The van der Waals surface area contributed by atoms with Crippen LogP contribution in [0, 0.1) is 0 Å². The molecule has 2 aliphatic rings. The molecule has 0 bridgehead atoms. The monoisotopic (exact) mass is 292 g/mol. The van der Waals surface area contributed by atoms with Gasteiger partial charge in [0, 0.05) is 24.2 Å². The largest absolute Gasteiger partial charge is 0.308 e. The summed E-state index contributed by atoms with van der Waals surface area (Å²) < 4.78 is 0. The van der Waals surface area contributed by atoms with Crippen LogP contribution < -0.4 is 5.32 Å². The second kappa shape index (κ2) is 5.65. The molecule has 0 amide bonds. The molecule has 1 spiro atoms. The van der Waals surface area contributed by atoms with E-state index in [2.05, 4.69) is 39.5 Å². The van der Waals surface area contributed by atoms with Gasteiger partial charge in [0.2, 0.25) is 0 Å². The fraction of sp³-hybridized carbons (Fsp3) is 0.933. The second-order valence-electron chi connectivity index (χ2n) is 7.10. The Bertz CT molecular complexity index is 478. The third-order valence-electron chi connectivity index (χ3n) is 5.56. The van der Waals surface area contributed by atoms with Crippen LogP contribution in [0.25, 0.3) is 0 Å². The third kappa shape index (κ3) is 2.97. The fourth-order valence-corrected chi connectivity index (χ4v) is 3.82. The lowest BCUT2D eigenvalue weighted by molar-refractivity contribution is -0.00899. The first-order valence-electron chi connectivity index (χ1n) is 8.28. The van der Waals surface area contributed by atoms with Crippen molar-refractivity contribution in [2.24, 2.45) is 7.05 Å². The topological polar surface area (TPSA) is 58.9 Å². The number of hydrogen-bond acceptors (Lipinski definition) is 5. The summed E-state index contributed by atoms with van der Waals surface area (Å²) in [6.45, 7) is 7.60. The Balaban J connectivity index is 1.78. The fourth-order valence-electron chi connectivity index (χ4n) is 3.82. The molecular formula is C15H28N6. The van der Waals surface area contributed by atoms with Gasteiger partial charge in [-0.05, 0) is 31.4 Å². The molecule has 0 aromatic carbocycles. The van der Waals surface area contributed by atoms with Crippen molar-refractivity contribution >= 4 is 0 Å². The maximum Gasteiger partial charge on any atom is 0.188 e. The number of hydrogen-bond donors (Lipinski definition) is 1. The van der Waals surface area contributed by atoms with E-state index in [1.54, 1.807) is 4.80 Å². The van der Waals surface area contributed by atoms with E-state index in [1.165, 1.54) is 32.1 Å². The van der Waals surface area contributed by atoms with Gasteiger partial charge in [-0.1, -0.05) is 26.2 Å². The summed E-state index contributed by atoms with van der Waals surface area (Å²) in [4.78, 5) is 4.14. The quantitative estimate of drug-likeness (QED) is 0.914. The molecule has 1 saturated carbocycles. The van der Waals surface area contributed by atoms with Gasteiger partial charge in [0.25, 0.3) is 0 Å². The maximum absolute atomic E-state index is 4.37. The molecule has 21 heavy (non-hydrogen) atoms. The normalized spacial score (nSPS) is 29.9. The zero-order chi connectivity index (χ0) is 14.9. The molecule has 1 unspecified atom stereocenters. The van der Waals surface area contributed by atoms with Crippen LogP contribution in [-0.4, -0.2) is 49.3 Å². The molecule has 1 saturated heterocycles. The molecule has 2 heterocycles. The summed E-state index contributed by atoms with van der Waals surface area (Å²) >= 11 is 0. The molecule has 6 nitrogen and oxygen atoms in total. The minimum absolute atomic E-state index is 0.182. The van der Waals surface area contributed by atoms with Crippen molar-refractivity contribution in [1.82, 2.24) is 30.4 Å². The van der Waals surface area contributed by atoms with Crippen LogP contribution >= 0.6 is 0 Å². The average molecular weight is 292 g/mol. The van der Waals surface area contributed by atoms with Crippen LogP contribution in [0.1, 0.15) is 58.2 Å². The van der Waals surface area contributed by atoms with E-state index in [0.717, 1.165) is 31.9 Å². The lowest BCUT2D eigenvalue weighted by Gasteiger charge is -2.54. The molecule has 1 aliphatic heterocycles. The summed E-state index contributed by atoms with van der Waals surface area (Å²) in [5, 5.41) is 16.4. The Morgan fingerprint density at radius 2 is 2.00 bits per heavy atom. The van der Waals surface area contributed by atoms with Crippen LogP contribution in [0.2, 0.25) is 0 Å². The molecule has 1 aromatic rings. The van der Waals surface area contributed by atoms with Crippen molar-refractivity contribution < 1.29 is 0 Å². The van der Waals surface area contributed by atoms with Crippen molar-refractivity contribution in [3.63, 3.8) is 0 Å². The molecular weight excluding hydrogens is 264 g/mol. The van der Waals surface area contributed by atoms with Crippen molar-refractivity contribution in [2.45, 2.75) is 70.0 Å². The van der Waals surface area contributed by atoms with Gasteiger partial charge in [-0.2, -0.15) is 4.80 Å². The summed E-state index contributed by atoms with van der Waals surface area (Å²) in [7, 11) is 1.83. The minimum Gasteiger partial charge on any atom is -0.308 e. The summed E-state index contributed by atoms with van der Waals surface area (Å²) in [5.74, 6) is 0.838. The number of aryl methyl sites for hydroxylation is 1. The Hall–Kier alpha value is -1.01. The van der Waals surface area contributed by atoms with Gasteiger partial charge in [0.15, 0.2) is 5.82 Å². The number of aromatic nitrogens is 4. The first-order chi connectivity index (χ1) is 10.1. The Labute approximate surface area is 127 Å². The number of piperazine rings is 1. The van der Waals surface area contributed by atoms with Gasteiger partial charge in [-0.3, -0.25) is 4.90 Å². The van der Waals surface area contributed by atoms with E-state index >= 15 is 0 Å². The van der Waals surface area contributed by atoms with Gasteiger partial charge in [-0.25, -0.2) is 0 Å². The van der Waals surface area contributed by atoms with Gasteiger partial charge < -0.3 is 5.32 Å². The summed E-state index contributed by atoms with van der Waals surface area (Å²) in [6, 6.07) is 0.